The van der Waals surface area contributed by atoms with Gasteiger partial charge in [0.1, 0.15) is 0 Å². The molecule has 1 fully saturated rings. The average molecular weight is 317 g/mol. The van der Waals surface area contributed by atoms with Crippen molar-refractivity contribution in [3.8, 4) is 0 Å². The molecule has 2 aliphatic heterocycles. The van der Waals surface area contributed by atoms with Crippen LogP contribution in [0.25, 0.3) is 0 Å². The predicted molar refractivity (Wildman–Crippen MR) is 84.2 cm³/mol. The fourth-order valence-corrected chi connectivity index (χ4v) is 3.02. The largest absolute Gasteiger partial charge is 0.379 e. The van der Waals surface area contributed by atoms with E-state index in [1.165, 1.54) is 12.1 Å². The number of oxime groups is 1. The number of rotatable bonds is 3. The molecule has 0 saturated carbocycles. The van der Waals surface area contributed by atoms with Crippen molar-refractivity contribution in [1.82, 2.24) is 4.90 Å². The quantitative estimate of drug-likeness (QED) is 0.633. The smallest absolute Gasteiger partial charge is 0.269 e. The number of amides is 1. The first kappa shape index (κ1) is 15.5. The van der Waals surface area contributed by atoms with Crippen molar-refractivity contribution in [2.45, 2.75) is 38.2 Å². The molecule has 0 aromatic heterocycles. The molecular formula is C16H19N3O4. The molecule has 0 radical (unpaired) electrons. The Bertz CT molecular complexity index is 650. The molecule has 0 spiro atoms. The van der Waals surface area contributed by atoms with Gasteiger partial charge in [0.2, 0.25) is 5.60 Å². The van der Waals surface area contributed by atoms with Crippen LogP contribution >= 0.6 is 0 Å². The minimum atomic E-state index is -0.978. The van der Waals surface area contributed by atoms with Crippen LogP contribution in [0.5, 0.6) is 0 Å². The summed E-state index contributed by atoms with van der Waals surface area (Å²) in [5.41, 5.74) is 0.438. The van der Waals surface area contributed by atoms with Crippen molar-refractivity contribution >= 4 is 17.3 Å². The van der Waals surface area contributed by atoms with E-state index in [9.17, 15) is 14.9 Å². The van der Waals surface area contributed by atoms with Gasteiger partial charge in [-0.05, 0) is 43.9 Å². The third-order valence-corrected chi connectivity index (χ3v) is 4.37. The Kier molecular flexibility index (Phi) is 4.02. The Morgan fingerprint density at radius 3 is 2.52 bits per heavy atom. The molecular weight excluding hydrogens is 298 g/mol. The molecule has 0 aliphatic carbocycles. The van der Waals surface area contributed by atoms with Gasteiger partial charge in [-0.1, -0.05) is 5.16 Å². The van der Waals surface area contributed by atoms with Crippen LogP contribution in [0, 0.1) is 10.1 Å². The molecule has 23 heavy (non-hydrogen) atoms. The summed E-state index contributed by atoms with van der Waals surface area (Å²) in [6, 6.07) is 6.13. The Morgan fingerprint density at radius 2 is 1.91 bits per heavy atom. The van der Waals surface area contributed by atoms with Crippen molar-refractivity contribution in [3.63, 3.8) is 0 Å². The van der Waals surface area contributed by atoms with Gasteiger partial charge in [0.25, 0.3) is 11.6 Å². The Balaban J connectivity index is 1.71. The van der Waals surface area contributed by atoms with E-state index in [2.05, 4.69) is 5.16 Å². The number of nitro benzene ring substituents is 1. The highest BCUT2D eigenvalue weighted by atomic mass is 16.7. The Labute approximate surface area is 134 Å². The van der Waals surface area contributed by atoms with Crippen LogP contribution in [0.4, 0.5) is 5.69 Å². The zero-order valence-corrected chi connectivity index (χ0v) is 13.0. The molecule has 7 nitrogen and oxygen atoms in total. The molecule has 1 saturated heterocycles. The van der Waals surface area contributed by atoms with E-state index in [4.69, 9.17) is 4.84 Å². The van der Waals surface area contributed by atoms with Gasteiger partial charge in [-0.3, -0.25) is 14.9 Å². The van der Waals surface area contributed by atoms with Crippen LogP contribution in [-0.4, -0.2) is 40.1 Å². The molecule has 2 aliphatic rings. The maximum absolute atomic E-state index is 12.7. The van der Waals surface area contributed by atoms with Crippen molar-refractivity contribution in [2.24, 2.45) is 5.16 Å². The van der Waals surface area contributed by atoms with Gasteiger partial charge in [0.15, 0.2) is 0 Å². The topological polar surface area (TPSA) is 85.0 Å². The lowest BCUT2D eigenvalue weighted by Crippen LogP contribution is -2.49. The van der Waals surface area contributed by atoms with Crippen LogP contribution in [-0.2, 0) is 9.63 Å². The summed E-state index contributed by atoms with van der Waals surface area (Å²) in [6.07, 6.45) is 3.59. The fourth-order valence-electron chi connectivity index (χ4n) is 3.02. The standard InChI is InChI=1S/C16H19N3O4/c1-16(15(20)18-9-3-2-4-10-18)11-14(17-23-16)12-5-7-13(8-6-12)19(21)22/h5-8H,2-4,9-11H2,1H3. The molecule has 2 heterocycles. The van der Waals surface area contributed by atoms with Gasteiger partial charge < -0.3 is 9.74 Å². The number of carbonyl (C=O) groups is 1. The maximum atomic E-state index is 12.7. The number of non-ortho nitro benzene ring substituents is 1. The van der Waals surface area contributed by atoms with Crippen molar-refractivity contribution in [2.75, 3.05) is 13.1 Å². The van der Waals surface area contributed by atoms with Gasteiger partial charge in [0, 0.05) is 31.6 Å². The second kappa shape index (κ2) is 5.98. The lowest BCUT2D eigenvalue weighted by Gasteiger charge is -2.32. The third kappa shape index (κ3) is 3.04. The molecule has 0 N–H and O–H groups in total. The van der Waals surface area contributed by atoms with E-state index in [-0.39, 0.29) is 11.6 Å². The molecule has 1 amide bonds. The number of likely N-dealkylation sites (tertiary alicyclic amines) is 1. The SMILES string of the molecule is CC1(C(=O)N2CCCCC2)CC(c2ccc([N+](=O)[O-])cc2)=NO1. The van der Waals surface area contributed by atoms with Crippen LogP contribution < -0.4 is 0 Å². The number of carbonyl (C=O) groups excluding carboxylic acids is 1. The van der Waals surface area contributed by atoms with Crippen LogP contribution in [0.1, 0.15) is 38.2 Å². The summed E-state index contributed by atoms with van der Waals surface area (Å²) >= 11 is 0. The predicted octanol–water partition coefficient (Wildman–Crippen LogP) is 2.49. The monoisotopic (exact) mass is 317 g/mol. The minimum absolute atomic E-state index is 0.0282. The summed E-state index contributed by atoms with van der Waals surface area (Å²) in [6.45, 7) is 3.29. The highest BCUT2D eigenvalue weighted by molar-refractivity contribution is 6.05. The fraction of sp³-hybridized carbons (Fsp3) is 0.500. The van der Waals surface area contributed by atoms with Crippen LogP contribution in [0.15, 0.2) is 29.4 Å². The van der Waals surface area contributed by atoms with E-state index in [0.717, 1.165) is 37.9 Å². The third-order valence-electron chi connectivity index (χ3n) is 4.37. The van der Waals surface area contributed by atoms with Gasteiger partial charge in [0.05, 0.1) is 10.6 Å². The molecule has 3 rings (SSSR count). The first-order chi connectivity index (χ1) is 11.0. The molecule has 0 bridgehead atoms. The van der Waals surface area contributed by atoms with Gasteiger partial charge in [-0.15, -0.1) is 0 Å². The zero-order chi connectivity index (χ0) is 16.4. The summed E-state index contributed by atoms with van der Waals surface area (Å²) in [5, 5.41) is 14.8. The highest BCUT2D eigenvalue weighted by Gasteiger charge is 2.44. The minimum Gasteiger partial charge on any atom is -0.379 e. The van der Waals surface area contributed by atoms with Gasteiger partial charge in [-0.25, -0.2) is 0 Å². The Hall–Kier alpha value is -2.44. The number of nitrogens with zero attached hydrogens (tertiary/aromatic N) is 3. The Morgan fingerprint density at radius 1 is 1.26 bits per heavy atom. The molecule has 1 aromatic rings. The van der Waals surface area contributed by atoms with Crippen molar-refractivity contribution in [3.05, 3.63) is 39.9 Å². The average Bonchev–Trinajstić information content (AvgIpc) is 2.98. The second-order valence-corrected chi connectivity index (χ2v) is 6.19. The molecule has 122 valence electrons. The van der Waals surface area contributed by atoms with Crippen molar-refractivity contribution < 1.29 is 14.6 Å². The van der Waals surface area contributed by atoms with E-state index in [1.54, 1.807) is 19.1 Å². The molecule has 1 unspecified atom stereocenters. The first-order valence-electron chi connectivity index (χ1n) is 7.79. The first-order valence-corrected chi connectivity index (χ1v) is 7.79. The molecule has 1 aromatic carbocycles. The van der Waals surface area contributed by atoms with Gasteiger partial charge in [-0.2, -0.15) is 0 Å². The van der Waals surface area contributed by atoms with E-state index in [1.807, 2.05) is 4.90 Å². The van der Waals surface area contributed by atoms with Gasteiger partial charge >= 0.3 is 0 Å². The number of benzene rings is 1. The lowest BCUT2D eigenvalue weighted by molar-refractivity contribution is -0.384. The summed E-state index contributed by atoms with van der Waals surface area (Å²) in [7, 11) is 0. The van der Waals surface area contributed by atoms with E-state index < -0.39 is 10.5 Å². The lowest BCUT2D eigenvalue weighted by atomic mass is 9.93. The second-order valence-electron chi connectivity index (χ2n) is 6.19. The van der Waals surface area contributed by atoms with Crippen LogP contribution in [0.3, 0.4) is 0 Å². The van der Waals surface area contributed by atoms with E-state index >= 15 is 0 Å². The highest BCUT2D eigenvalue weighted by Crippen LogP contribution is 2.30. The number of hydrogen-bond donors (Lipinski definition) is 0. The summed E-state index contributed by atoms with van der Waals surface area (Å²) in [4.78, 5) is 30.2. The molecule has 1 atom stereocenters. The summed E-state index contributed by atoms with van der Waals surface area (Å²) in [5.74, 6) is -0.0298. The summed E-state index contributed by atoms with van der Waals surface area (Å²) < 4.78 is 0. The maximum Gasteiger partial charge on any atom is 0.269 e. The van der Waals surface area contributed by atoms with E-state index in [0.29, 0.717) is 12.1 Å². The zero-order valence-electron chi connectivity index (χ0n) is 13.0. The normalized spacial score (nSPS) is 24.0. The molecule has 7 heteroatoms. The van der Waals surface area contributed by atoms with Crippen molar-refractivity contribution in [1.29, 1.82) is 0 Å². The van der Waals surface area contributed by atoms with Crippen LogP contribution in [0.2, 0.25) is 0 Å². The number of nitro groups is 1. The number of hydrogen-bond acceptors (Lipinski definition) is 5. The number of piperidine rings is 1.